The van der Waals surface area contributed by atoms with Gasteiger partial charge in [0, 0.05) is 5.69 Å². The molecule has 0 spiro atoms. The molecule has 1 unspecified atom stereocenters. The van der Waals surface area contributed by atoms with Crippen molar-refractivity contribution in [3.05, 3.63) is 59.7 Å². The zero-order valence-electron chi connectivity index (χ0n) is 16.4. The summed E-state index contributed by atoms with van der Waals surface area (Å²) in [6.45, 7) is 1.97. The van der Waals surface area contributed by atoms with Crippen LogP contribution < -0.4 is 10.1 Å². The maximum Gasteiger partial charge on any atom is 0.329 e. The predicted molar refractivity (Wildman–Crippen MR) is 105 cm³/mol. The molecule has 28 heavy (non-hydrogen) atoms. The summed E-state index contributed by atoms with van der Waals surface area (Å²) >= 11 is 0. The Balaban J connectivity index is 2.00. The minimum absolute atomic E-state index is 0.226. The van der Waals surface area contributed by atoms with Crippen LogP contribution in [0.2, 0.25) is 0 Å². The fraction of sp³-hybridized carbons (Fsp3) is 0.364. The van der Waals surface area contributed by atoms with Crippen molar-refractivity contribution in [2.24, 2.45) is 5.41 Å². The van der Waals surface area contributed by atoms with Crippen LogP contribution in [-0.4, -0.2) is 38.8 Å². The zero-order chi connectivity index (χ0) is 20.1. The van der Waals surface area contributed by atoms with Crippen molar-refractivity contribution in [3.63, 3.8) is 0 Å². The third-order valence-electron chi connectivity index (χ3n) is 5.20. The molecule has 0 heterocycles. The van der Waals surface area contributed by atoms with Gasteiger partial charge in [0.1, 0.15) is 17.2 Å². The van der Waals surface area contributed by atoms with Crippen LogP contribution in [0.25, 0.3) is 0 Å². The lowest BCUT2D eigenvalue weighted by atomic mass is 9.77. The highest BCUT2D eigenvalue weighted by atomic mass is 16.5. The van der Waals surface area contributed by atoms with Gasteiger partial charge in [0.2, 0.25) is 0 Å². The number of fused-ring (bicyclic) bond motifs is 1. The normalized spacial score (nSPS) is 15.2. The van der Waals surface area contributed by atoms with Crippen LogP contribution in [0.4, 0.5) is 5.69 Å². The van der Waals surface area contributed by atoms with Gasteiger partial charge in [-0.05, 0) is 55.2 Å². The average molecular weight is 383 g/mol. The number of ether oxygens (including phenoxy) is 3. The van der Waals surface area contributed by atoms with Crippen molar-refractivity contribution in [1.82, 2.24) is 0 Å². The van der Waals surface area contributed by atoms with E-state index in [2.05, 4.69) is 5.32 Å². The van der Waals surface area contributed by atoms with E-state index in [0.717, 1.165) is 11.1 Å². The molecule has 1 aliphatic rings. The lowest BCUT2D eigenvalue weighted by Crippen LogP contribution is -2.53. The Morgan fingerprint density at radius 1 is 1.04 bits per heavy atom. The van der Waals surface area contributed by atoms with Gasteiger partial charge in [-0.1, -0.05) is 24.3 Å². The van der Waals surface area contributed by atoms with Crippen LogP contribution in [-0.2, 0) is 31.9 Å². The highest BCUT2D eigenvalue weighted by molar-refractivity contribution is 5.91. The Hall–Kier alpha value is -3.02. The molecule has 2 aromatic carbocycles. The van der Waals surface area contributed by atoms with Crippen molar-refractivity contribution in [2.75, 3.05) is 26.1 Å². The zero-order valence-corrected chi connectivity index (χ0v) is 16.4. The second kappa shape index (κ2) is 8.33. The highest BCUT2D eigenvalue weighted by Gasteiger charge is 2.54. The van der Waals surface area contributed by atoms with E-state index in [1.807, 2.05) is 24.3 Å². The monoisotopic (exact) mass is 383 g/mol. The predicted octanol–water partition coefficient (Wildman–Crippen LogP) is 3.00. The second-order valence-electron chi connectivity index (χ2n) is 6.83. The Morgan fingerprint density at radius 2 is 1.64 bits per heavy atom. The molecule has 0 radical (unpaired) electrons. The summed E-state index contributed by atoms with van der Waals surface area (Å²) in [7, 11) is 2.94. The van der Waals surface area contributed by atoms with E-state index in [1.165, 1.54) is 7.11 Å². The number of anilines is 1. The molecule has 0 aliphatic heterocycles. The van der Waals surface area contributed by atoms with E-state index in [1.54, 1.807) is 38.3 Å². The molecule has 0 amide bonds. The molecule has 1 N–H and O–H groups in total. The third-order valence-corrected chi connectivity index (χ3v) is 5.20. The summed E-state index contributed by atoms with van der Waals surface area (Å²) in [4.78, 5) is 25.9. The number of carbonyl (C=O) groups excluding carboxylic acids is 2. The van der Waals surface area contributed by atoms with Gasteiger partial charge in [-0.2, -0.15) is 0 Å². The smallest absolute Gasteiger partial charge is 0.329 e. The Bertz CT molecular complexity index is 821. The van der Waals surface area contributed by atoms with Crippen molar-refractivity contribution in [1.29, 1.82) is 0 Å². The van der Waals surface area contributed by atoms with E-state index < -0.39 is 23.4 Å². The van der Waals surface area contributed by atoms with E-state index in [0.29, 0.717) is 24.3 Å². The van der Waals surface area contributed by atoms with Gasteiger partial charge in [-0.25, -0.2) is 4.79 Å². The van der Waals surface area contributed by atoms with E-state index >= 15 is 0 Å². The summed E-state index contributed by atoms with van der Waals surface area (Å²) in [6.07, 6.45) is 0.810. The first-order valence-electron chi connectivity index (χ1n) is 9.26. The molecule has 148 valence electrons. The van der Waals surface area contributed by atoms with Gasteiger partial charge in [0.25, 0.3) is 0 Å². The van der Waals surface area contributed by atoms with Gasteiger partial charge >= 0.3 is 11.9 Å². The van der Waals surface area contributed by atoms with Crippen LogP contribution in [0.15, 0.2) is 48.5 Å². The number of carbonyl (C=O) groups is 2. The van der Waals surface area contributed by atoms with Gasteiger partial charge in [0.15, 0.2) is 0 Å². The van der Waals surface area contributed by atoms with Crippen molar-refractivity contribution in [3.8, 4) is 5.75 Å². The Kier molecular flexibility index (Phi) is 5.87. The van der Waals surface area contributed by atoms with Crippen LogP contribution in [0, 0.1) is 5.41 Å². The fourth-order valence-electron chi connectivity index (χ4n) is 3.82. The van der Waals surface area contributed by atoms with Crippen molar-refractivity contribution in [2.45, 2.75) is 25.8 Å². The quantitative estimate of drug-likeness (QED) is 0.741. The molecule has 2 aromatic rings. The summed E-state index contributed by atoms with van der Waals surface area (Å²) in [6, 6.07) is 14.1. The van der Waals surface area contributed by atoms with Gasteiger partial charge in [-0.15, -0.1) is 0 Å². The number of esters is 2. The molecule has 0 saturated carbocycles. The fourth-order valence-corrected chi connectivity index (χ4v) is 3.82. The molecule has 6 heteroatoms. The molecule has 0 saturated heterocycles. The summed E-state index contributed by atoms with van der Waals surface area (Å²) in [5.74, 6) is -0.200. The molecule has 1 atom stereocenters. The molecular weight excluding hydrogens is 358 g/mol. The maximum absolute atomic E-state index is 13.0. The number of hydrogen-bond donors (Lipinski definition) is 1. The number of benzene rings is 2. The first-order chi connectivity index (χ1) is 13.5. The van der Waals surface area contributed by atoms with Crippen LogP contribution in [0.3, 0.4) is 0 Å². The lowest BCUT2D eigenvalue weighted by molar-refractivity contribution is -0.161. The Morgan fingerprint density at radius 3 is 2.14 bits per heavy atom. The summed E-state index contributed by atoms with van der Waals surface area (Å²) < 4.78 is 15.6. The molecule has 6 nitrogen and oxygen atoms in total. The number of rotatable bonds is 7. The molecule has 0 fully saturated rings. The molecule has 0 bridgehead atoms. The van der Waals surface area contributed by atoms with E-state index in [4.69, 9.17) is 14.2 Å². The van der Waals surface area contributed by atoms with Crippen LogP contribution in [0.5, 0.6) is 5.75 Å². The minimum Gasteiger partial charge on any atom is -0.497 e. The van der Waals surface area contributed by atoms with Gasteiger partial charge in [0.05, 0.1) is 20.8 Å². The van der Waals surface area contributed by atoms with Crippen LogP contribution in [0.1, 0.15) is 18.1 Å². The van der Waals surface area contributed by atoms with Gasteiger partial charge < -0.3 is 19.5 Å². The van der Waals surface area contributed by atoms with Crippen LogP contribution >= 0.6 is 0 Å². The topological polar surface area (TPSA) is 73.9 Å². The van der Waals surface area contributed by atoms with E-state index in [9.17, 15) is 9.59 Å². The summed E-state index contributed by atoms with van der Waals surface area (Å²) in [5, 5.41) is 3.22. The maximum atomic E-state index is 13.0. The van der Waals surface area contributed by atoms with E-state index in [-0.39, 0.29) is 6.61 Å². The van der Waals surface area contributed by atoms with Crippen molar-refractivity contribution < 1.29 is 23.8 Å². The molecule has 3 rings (SSSR count). The second-order valence-corrected chi connectivity index (χ2v) is 6.83. The van der Waals surface area contributed by atoms with Crippen molar-refractivity contribution >= 4 is 17.6 Å². The number of methoxy groups -OCH3 is 2. The molecular formula is C22H25NO5. The Labute approximate surface area is 164 Å². The highest BCUT2D eigenvalue weighted by Crippen LogP contribution is 2.42. The SMILES string of the molecule is CCOC(=O)C(Nc1ccc(OC)cc1)C1(C(=O)OC)Cc2ccccc2C1. The minimum atomic E-state index is -1.08. The van der Waals surface area contributed by atoms with Gasteiger partial charge in [-0.3, -0.25) is 4.79 Å². The first kappa shape index (κ1) is 19.7. The summed E-state index contributed by atoms with van der Waals surface area (Å²) in [5.41, 5.74) is 1.69. The number of nitrogens with one attached hydrogen (secondary N) is 1. The first-order valence-corrected chi connectivity index (χ1v) is 9.26. The molecule has 1 aliphatic carbocycles. The molecule has 0 aromatic heterocycles. The standard InChI is InChI=1S/C22H25NO5/c1-4-28-20(24)19(23-17-9-11-18(26-2)12-10-17)22(21(25)27-3)13-15-7-5-6-8-16(15)14-22/h5-12,19,23H,4,13-14H2,1-3H3. The lowest BCUT2D eigenvalue weighted by Gasteiger charge is -2.34. The average Bonchev–Trinajstić information content (AvgIpc) is 3.12. The number of hydrogen-bond acceptors (Lipinski definition) is 6. The third kappa shape index (κ3) is 3.67. The largest absolute Gasteiger partial charge is 0.497 e.